The third kappa shape index (κ3) is 2.86. The van der Waals surface area contributed by atoms with Crippen molar-refractivity contribution in [2.75, 3.05) is 6.54 Å². The molecule has 1 aliphatic carbocycles. The number of nitrogens with two attached hydrogens (primary N) is 1. The molecule has 2 rings (SSSR count). The Balaban J connectivity index is 2.14. The molecule has 0 bridgehead atoms. The summed E-state index contributed by atoms with van der Waals surface area (Å²) < 4.78 is 13.8. The summed E-state index contributed by atoms with van der Waals surface area (Å²) in [6.45, 7) is 2.86. The Hall–Kier alpha value is -0.890. The summed E-state index contributed by atoms with van der Waals surface area (Å²) >= 11 is 0. The molecule has 1 aliphatic rings. The van der Waals surface area contributed by atoms with E-state index in [0.717, 1.165) is 11.5 Å². The molecule has 1 unspecified atom stereocenters. The van der Waals surface area contributed by atoms with E-state index in [1.54, 1.807) is 12.1 Å². The lowest BCUT2D eigenvalue weighted by molar-refractivity contribution is 0.253. The van der Waals surface area contributed by atoms with Gasteiger partial charge in [-0.05, 0) is 42.9 Å². The summed E-state index contributed by atoms with van der Waals surface area (Å²) in [6, 6.07) is 7.09. The van der Waals surface area contributed by atoms with E-state index in [9.17, 15) is 4.39 Å². The number of hydrogen-bond donors (Lipinski definition) is 1. The molecular formula is C15H22FN. The van der Waals surface area contributed by atoms with Gasteiger partial charge in [0.05, 0.1) is 0 Å². The van der Waals surface area contributed by atoms with Crippen LogP contribution in [0.1, 0.15) is 44.1 Å². The van der Waals surface area contributed by atoms with E-state index in [-0.39, 0.29) is 11.7 Å². The van der Waals surface area contributed by atoms with Gasteiger partial charge in [0.1, 0.15) is 5.82 Å². The largest absolute Gasteiger partial charge is 0.330 e. The lowest BCUT2D eigenvalue weighted by Gasteiger charge is -2.32. The minimum atomic E-state index is -0.0958. The molecule has 0 radical (unpaired) electrons. The molecule has 1 fully saturated rings. The summed E-state index contributed by atoms with van der Waals surface area (Å²) in [4.78, 5) is 0. The Morgan fingerprint density at radius 3 is 2.47 bits per heavy atom. The first-order valence-corrected chi connectivity index (χ1v) is 6.67. The lowest BCUT2D eigenvalue weighted by Crippen LogP contribution is -2.26. The third-order valence-corrected chi connectivity index (χ3v) is 4.19. The molecule has 0 saturated heterocycles. The average Bonchev–Trinajstić information content (AvgIpc) is 2.35. The van der Waals surface area contributed by atoms with Gasteiger partial charge in [-0.2, -0.15) is 0 Å². The Bertz CT molecular complexity index is 356. The molecule has 1 saturated carbocycles. The maximum Gasteiger partial charge on any atom is 0.126 e. The topological polar surface area (TPSA) is 26.0 Å². The molecule has 2 N–H and O–H groups in total. The fourth-order valence-electron chi connectivity index (χ4n) is 3.04. The predicted octanol–water partition coefficient (Wildman–Crippen LogP) is 3.69. The molecule has 0 amide bonds. The molecule has 0 heterocycles. The van der Waals surface area contributed by atoms with Crippen molar-refractivity contribution in [2.45, 2.75) is 38.5 Å². The second kappa shape index (κ2) is 5.63. The van der Waals surface area contributed by atoms with Crippen molar-refractivity contribution in [3.8, 4) is 0 Å². The van der Waals surface area contributed by atoms with Crippen molar-refractivity contribution >= 4 is 0 Å². The van der Waals surface area contributed by atoms with Crippen molar-refractivity contribution in [3.05, 3.63) is 35.6 Å². The fraction of sp³-hybridized carbons (Fsp3) is 0.600. The van der Waals surface area contributed by atoms with Gasteiger partial charge in [0.15, 0.2) is 0 Å². The maximum absolute atomic E-state index is 13.8. The van der Waals surface area contributed by atoms with Gasteiger partial charge < -0.3 is 5.73 Å². The molecule has 17 heavy (non-hydrogen) atoms. The molecule has 1 aromatic carbocycles. The van der Waals surface area contributed by atoms with Crippen molar-refractivity contribution in [1.29, 1.82) is 0 Å². The van der Waals surface area contributed by atoms with Crippen LogP contribution in [0.4, 0.5) is 4.39 Å². The highest BCUT2D eigenvalue weighted by Gasteiger charge is 2.27. The third-order valence-electron chi connectivity index (χ3n) is 4.19. The quantitative estimate of drug-likeness (QED) is 0.849. The van der Waals surface area contributed by atoms with Crippen molar-refractivity contribution in [1.82, 2.24) is 0 Å². The smallest absolute Gasteiger partial charge is 0.126 e. The van der Waals surface area contributed by atoms with Crippen LogP contribution in [0.5, 0.6) is 0 Å². The highest BCUT2D eigenvalue weighted by Crippen LogP contribution is 2.38. The van der Waals surface area contributed by atoms with Gasteiger partial charge in [0.2, 0.25) is 0 Å². The van der Waals surface area contributed by atoms with E-state index >= 15 is 0 Å². The van der Waals surface area contributed by atoms with Crippen LogP contribution in [0.2, 0.25) is 0 Å². The maximum atomic E-state index is 13.8. The molecule has 0 aliphatic heterocycles. The lowest BCUT2D eigenvalue weighted by atomic mass is 9.74. The van der Waals surface area contributed by atoms with Gasteiger partial charge in [-0.3, -0.25) is 0 Å². The second-order valence-electron chi connectivity index (χ2n) is 5.38. The number of rotatable bonds is 3. The normalized spacial score (nSPS) is 26.8. The molecule has 1 nitrogen and oxygen atoms in total. The van der Waals surface area contributed by atoms with Crippen LogP contribution in [0.25, 0.3) is 0 Å². The zero-order valence-corrected chi connectivity index (χ0v) is 10.5. The summed E-state index contributed by atoms with van der Waals surface area (Å²) in [5.41, 5.74) is 6.69. The Labute approximate surface area is 103 Å². The summed E-state index contributed by atoms with van der Waals surface area (Å²) in [7, 11) is 0. The average molecular weight is 235 g/mol. The Morgan fingerprint density at radius 1 is 1.24 bits per heavy atom. The minimum Gasteiger partial charge on any atom is -0.330 e. The minimum absolute atomic E-state index is 0.0958. The van der Waals surface area contributed by atoms with E-state index in [4.69, 9.17) is 5.73 Å². The first kappa shape index (κ1) is 12.6. The molecular weight excluding hydrogens is 213 g/mol. The van der Waals surface area contributed by atoms with Crippen molar-refractivity contribution in [3.63, 3.8) is 0 Å². The standard InChI is InChI=1S/C15H22FN/c1-11-6-8-12(9-7-11)14(10-17)13-4-2-3-5-15(13)16/h2-5,11-12,14H,6-10,17H2,1H3. The van der Waals surface area contributed by atoms with Crippen molar-refractivity contribution < 1.29 is 4.39 Å². The van der Waals surface area contributed by atoms with E-state index in [0.29, 0.717) is 12.5 Å². The van der Waals surface area contributed by atoms with Crippen LogP contribution in [0.3, 0.4) is 0 Å². The fourth-order valence-corrected chi connectivity index (χ4v) is 3.04. The number of benzene rings is 1. The van der Waals surface area contributed by atoms with Gasteiger partial charge >= 0.3 is 0 Å². The number of halogens is 1. The van der Waals surface area contributed by atoms with Crippen LogP contribution in [-0.2, 0) is 0 Å². The predicted molar refractivity (Wildman–Crippen MR) is 69.3 cm³/mol. The zero-order chi connectivity index (χ0) is 12.3. The van der Waals surface area contributed by atoms with Crippen LogP contribution in [0, 0.1) is 17.7 Å². The van der Waals surface area contributed by atoms with Gasteiger partial charge in [0.25, 0.3) is 0 Å². The van der Waals surface area contributed by atoms with E-state index < -0.39 is 0 Å². The van der Waals surface area contributed by atoms with E-state index in [2.05, 4.69) is 6.92 Å². The van der Waals surface area contributed by atoms with Crippen LogP contribution < -0.4 is 5.73 Å². The first-order valence-electron chi connectivity index (χ1n) is 6.67. The van der Waals surface area contributed by atoms with Gasteiger partial charge in [-0.1, -0.05) is 38.0 Å². The molecule has 94 valence electrons. The van der Waals surface area contributed by atoms with Crippen molar-refractivity contribution in [2.24, 2.45) is 17.6 Å². The molecule has 0 spiro atoms. The monoisotopic (exact) mass is 235 g/mol. The van der Waals surface area contributed by atoms with E-state index in [1.807, 2.05) is 12.1 Å². The zero-order valence-electron chi connectivity index (χ0n) is 10.5. The summed E-state index contributed by atoms with van der Waals surface area (Å²) in [5, 5.41) is 0. The Morgan fingerprint density at radius 2 is 1.88 bits per heavy atom. The first-order chi connectivity index (χ1) is 8.22. The van der Waals surface area contributed by atoms with Gasteiger partial charge in [0, 0.05) is 5.92 Å². The summed E-state index contributed by atoms with van der Waals surface area (Å²) in [5.74, 6) is 1.49. The molecule has 2 heteroatoms. The highest BCUT2D eigenvalue weighted by molar-refractivity contribution is 5.23. The second-order valence-corrected chi connectivity index (χ2v) is 5.38. The SMILES string of the molecule is CC1CCC(C(CN)c2ccccc2F)CC1. The highest BCUT2D eigenvalue weighted by atomic mass is 19.1. The van der Waals surface area contributed by atoms with Crippen LogP contribution in [0.15, 0.2) is 24.3 Å². The molecule has 0 aromatic heterocycles. The van der Waals surface area contributed by atoms with Gasteiger partial charge in [-0.15, -0.1) is 0 Å². The molecule has 1 aromatic rings. The molecule has 1 atom stereocenters. The van der Waals surface area contributed by atoms with Gasteiger partial charge in [-0.25, -0.2) is 4.39 Å². The summed E-state index contributed by atoms with van der Waals surface area (Å²) in [6.07, 6.45) is 4.90. The van der Waals surface area contributed by atoms with Crippen LogP contribution in [-0.4, -0.2) is 6.54 Å². The van der Waals surface area contributed by atoms with E-state index in [1.165, 1.54) is 25.7 Å². The van der Waals surface area contributed by atoms with Crippen LogP contribution >= 0.6 is 0 Å². The number of hydrogen-bond acceptors (Lipinski definition) is 1. The Kier molecular flexibility index (Phi) is 4.16.